The molecule has 4 nitrogen and oxygen atoms in total. The molecule has 0 aliphatic rings. The largest absolute Gasteiger partial charge is 0.480 e. The summed E-state index contributed by atoms with van der Waals surface area (Å²) in [5, 5.41) is 9.28. The molecule has 1 unspecified atom stereocenters. The van der Waals surface area contributed by atoms with Crippen molar-refractivity contribution in [2.24, 2.45) is 5.73 Å². The third-order valence-corrected chi connectivity index (χ3v) is 3.14. The fourth-order valence-electron chi connectivity index (χ4n) is 1.32. The van der Waals surface area contributed by atoms with E-state index in [9.17, 15) is 4.79 Å². The number of fused-ring (bicyclic) bond motifs is 1. The van der Waals surface area contributed by atoms with E-state index >= 15 is 0 Å². The second-order valence-corrected chi connectivity index (χ2v) is 4.30. The number of nitrogens with two attached hydrogens (primary N) is 1. The summed E-state index contributed by atoms with van der Waals surface area (Å²) in [7, 11) is 0. The Morgan fingerprint density at radius 1 is 1.60 bits per heavy atom. The lowest BCUT2D eigenvalue weighted by Crippen LogP contribution is -2.20. The molecule has 2 rings (SSSR count). The van der Waals surface area contributed by atoms with Crippen LogP contribution in [0.2, 0.25) is 5.02 Å². The highest BCUT2D eigenvalue weighted by atomic mass is 35.5. The summed E-state index contributed by atoms with van der Waals surface area (Å²) in [5.41, 5.74) is 8.38. The summed E-state index contributed by atoms with van der Waals surface area (Å²) >= 11 is 7.20. The molecule has 0 spiro atoms. The number of halogens is 1. The smallest absolute Gasteiger partial charge is 0.325 e. The van der Waals surface area contributed by atoms with Gasteiger partial charge in [0.15, 0.2) is 0 Å². The Morgan fingerprint density at radius 3 is 3.00 bits per heavy atom. The molecule has 0 aliphatic heterocycles. The van der Waals surface area contributed by atoms with E-state index in [1.54, 1.807) is 17.6 Å². The first-order valence-corrected chi connectivity index (χ1v) is 5.36. The van der Waals surface area contributed by atoms with E-state index in [1.165, 1.54) is 11.3 Å². The summed E-state index contributed by atoms with van der Waals surface area (Å²) in [6.07, 6.45) is 0. The maximum absolute atomic E-state index is 10.8. The van der Waals surface area contributed by atoms with Gasteiger partial charge >= 0.3 is 5.97 Å². The normalized spacial score (nSPS) is 12.9. The molecule has 2 aromatic rings. The van der Waals surface area contributed by atoms with Crippen molar-refractivity contribution < 1.29 is 9.90 Å². The molecule has 0 bridgehead atoms. The monoisotopic (exact) mass is 242 g/mol. The van der Waals surface area contributed by atoms with Crippen LogP contribution in [0.3, 0.4) is 0 Å². The van der Waals surface area contributed by atoms with E-state index in [0.29, 0.717) is 16.1 Å². The summed E-state index contributed by atoms with van der Waals surface area (Å²) in [4.78, 5) is 14.9. The highest BCUT2D eigenvalue weighted by Crippen LogP contribution is 2.29. The average Bonchev–Trinajstić information content (AvgIpc) is 2.62. The molecule has 1 atom stereocenters. The molecule has 0 radical (unpaired) electrons. The predicted molar refractivity (Wildman–Crippen MR) is 59.2 cm³/mol. The lowest BCUT2D eigenvalue weighted by atomic mass is 10.1. The Hall–Kier alpha value is -1.17. The molecule has 1 aromatic heterocycles. The van der Waals surface area contributed by atoms with Gasteiger partial charge in [0.1, 0.15) is 6.04 Å². The molecular weight excluding hydrogens is 236 g/mol. The molecule has 15 heavy (non-hydrogen) atoms. The van der Waals surface area contributed by atoms with Crippen LogP contribution in [0.4, 0.5) is 0 Å². The Kier molecular flexibility index (Phi) is 2.60. The lowest BCUT2D eigenvalue weighted by Gasteiger charge is -2.07. The van der Waals surface area contributed by atoms with Crippen LogP contribution in [0, 0.1) is 0 Å². The van der Waals surface area contributed by atoms with E-state index in [1.807, 2.05) is 0 Å². The van der Waals surface area contributed by atoms with Crippen molar-refractivity contribution in [2.45, 2.75) is 6.04 Å². The predicted octanol–water partition coefficient (Wildman–Crippen LogP) is 2.03. The number of benzene rings is 1. The number of hydrogen-bond donors (Lipinski definition) is 2. The van der Waals surface area contributed by atoms with Crippen molar-refractivity contribution in [1.29, 1.82) is 0 Å². The number of nitrogens with zero attached hydrogens (tertiary/aromatic N) is 1. The first kappa shape index (κ1) is 10.4. The zero-order chi connectivity index (χ0) is 11.0. The third kappa shape index (κ3) is 1.81. The van der Waals surface area contributed by atoms with Crippen LogP contribution < -0.4 is 5.73 Å². The van der Waals surface area contributed by atoms with E-state index in [0.717, 1.165) is 4.70 Å². The van der Waals surface area contributed by atoms with Crippen LogP contribution in [0.5, 0.6) is 0 Å². The molecule has 0 fully saturated rings. The van der Waals surface area contributed by atoms with Crippen molar-refractivity contribution >= 4 is 39.1 Å². The number of hydrogen-bond acceptors (Lipinski definition) is 4. The third-order valence-electron chi connectivity index (χ3n) is 2.03. The van der Waals surface area contributed by atoms with E-state index in [4.69, 9.17) is 22.4 Å². The average molecular weight is 243 g/mol. The van der Waals surface area contributed by atoms with Gasteiger partial charge in [-0.15, -0.1) is 11.3 Å². The fourth-order valence-corrected chi connectivity index (χ4v) is 2.37. The van der Waals surface area contributed by atoms with Crippen molar-refractivity contribution in [1.82, 2.24) is 4.98 Å². The van der Waals surface area contributed by atoms with E-state index in [-0.39, 0.29) is 0 Å². The zero-order valence-corrected chi connectivity index (χ0v) is 9.05. The van der Waals surface area contributed by atoms with E-state index in [2.05, 4.69) is 4.98 Å². The first-order valence-electron chi connectivity index (χ1n) is 4.10. The van der Waals surface area contributed by atoms with E-state index < -0.39 is 12.0 Å². The van der Waals surface area contributed by atoms with Crippen LogP contribution in [0.25, 0.3) is 10.2 Å². The minimum Gasteiger partial charge on any atom is -0.480 e. The van der Waals surface area contributed by atoms with Crippen LogP contribution in [-0.4, -0.2) is 16.1 Å². The fraction of sp³-hybridized carbons (Fsp3) is 0.111. The lowest BCUT2D eigenvalue weighted by molar-refractivity contribution is -0.138. The SMILES string of the molecule is NC(C(=O)O)c1cc(Cl)cc2ncsc12. The Balaban J connectivity index is 2.67. The maximum Gasteiger partial charge on any atom is 0.325 e. The van der Waals surface area contributed by atoms with Crippen LogP contribution in [0.1, 0.15) is 11.6 Å². The molecule has 1 heterocycles. The molecule has 1 aromatic carbocycles. The van der Waals surface area contributed by atoms with Crippen molar-refractivity contribution in [3.8, 4) is 0 Å². The summed E-state index contributed by atoms with van der Waals surface area (Å²) in [6.45, 7) is 0. The number of aliphatic carboxylic acids is 1. The molecule has 0 aliphatic carbocycles. The molecule has 0 amide bonds. The van der Waals surface area contributed by atoms with Gasteiger partial charge < -0.3 is 10.8 Å². The number of carboxylic acids is 1. The van der Waals surface area contributed by atoms with Crippen molar-refractivity contribution in [2.75, 3.05) is 0 Å². The van der Waals surface area contributed by atoms with Crippen molar-refractivity contribution in [3.05, 3.63) is 28.2 Å². The second kappa shape index (κ2) is 3.77. The van der Waals surface area contributed by atoms with Crippen LogP contribution >= 0.6 is 22.9 Å². The molecular formula is C9H7ClN2O2S. The van der Waals surface area contributed by atoms with Gasteiger partial charge in [0.05, 0.1) is 15.7 Å². The minimum atomic E-state index is -1.08. The summed E-state index contributed by atoms with van der Waals surface area (Å²) < 4.78 is 0.773. The number of rotatable bonds is 2. The summed E-state index contributed by atoms with van der Waals surface area (Å²) in [5.74, 6) is -1.08. The van der Waals surface area contributed by atoms with Crippen LogP contribution in [0.15, 0.2) is 17.6 Å². The van der Waals surface area contributed by atoms with Gasteiger partial charge in [0, 0.05) is 10.6 Å². The zero-order valence-electron chi connectivity index (χ0n) is 7.48. The molecule has 6 heteroatoms. The number of carbonyl (C=O) groups is 1. The number of aromatic nitrogens is 1. The van der Waals surface area contributed by atoms with Gasteiger partial charge in [-0.05, 0) is 12.1 Å². The topological polar surface area (TPSA) is 76.2 Å². The van der Waals surface area contributed by atoms with Gasteiger partial charge in [-0.2, -0.15) is 0 Å². The van der Waals surface area contributed by atoms with Crippen LogP contribution in [-0.2, 0) is 4.79 Å². The van der Waals surface area contributed by atoms with Gasteiger partial charge in [-0.1, -0.05) is 11.6 Å². The number of thiazole rings is 1. The number of carboxylic acid groups (broad SMARTS) is 1. The van der Waals surface area contributed by atoms with Gasteiger partial charge in [-0.3, -0.25) is 4.79 Å². The molecule has 78 valence electrons. The Morgan fingerprint density at radius 2 is 2.33 bits per heavy atom. The maximum atomic E-state index is 10.8. The first-order chi connectivity index (χ1) is 7.09. The minimum absolute atomic E-state index is 0.445. The van der Waals surface area contributed by atoms with Gasteiger partial charge in [0.2, 0.25) is 0 Å². The molecule has 0 saturated heterocycles. The van der Waals surface area contributed by atoms with Crippen molar-refractivity contribution in [3.63, 3.8) is 0 Å². The van der Waals surface area contributed by atoms with Gasteiger partial charge in [-0.25, -0.2) is 4.98 Å². The summed E-state index contributed by atoms with van der Waals surface area (Å²) in [6, 6.07) is 2.19. The molecule has 3 N–H and O–H groups in total. The highest BCUT2D eigenvalue weighted by molar-refractivity contribution is 7.17. The second-order valence-electron chi connectivity index (χ2n) is 3.01. The Labute approximate surface area is 94.3 Å². The highest BCUT2D eigenvalue weighted by Gasteiger charge is 2.18. The van der Waals surface area contributed by atoms with Gasteiger partial charge in [0.25, 0.3) is 0 Å². The molecule has 0 saturated carbocycles. The quantitative estimate of drug-likeness (QED) is 0.845. The standard InChI is InChI=1S/C9H7ClN2O2S/c10-4-1-5(7(11)9(13)14)8-6(2-4)12-3-15-8/h1-3,7H,11H2,(H,13,14). The Bertz CT molecular complexity index is 526.